The summed E-state index contributed by atoms with van der Waals surface area (Å²) in [5.74, 6) is 0.556. The van der Waals surface area contributed by atoms with Gasteiger partial charge >= 0.3 is 0 Å². The van der Waals surface area contributed by atoms with E-state index in [1.54, 1.807) is 0 Å². The average Bonchev–Trinajstić information content (AvgIpc) is 2.33. The normalized spacial score (nSPS) is 12.8. The predicted molar refractivity (Wildman–Crippen MR) is 76.7 cm³/mol. The van der Waals surface area contributed by atoms with Crippen LogP contribution in [-0.4, -0.2) is 12.8 Å². The molecule has 0 spiro atoms. The third-order valence-corrected chi connectivity index (χ3v) is 2.76. The molecule has 1 nitrogen and oxygen atoms in total. The minimum Gasteiger partial charge on any atom is -0.297 e. The number of benzene rings is 1. The van der Waals surface area contributed by atoms with E-state index in [0.717, 1.165) is 19.4 Å². The van der Waals surface area contributed by atoms with Crippen molar-refractivity contribution in [1.82, 2.24) is 0 Å². The van der Waals surface area contributed by atoms with Gasteiger partial charge in [0.1, 0.15) is 0 Å². The molecule has 1 heteroatoms. The van der Waals surface area contributed by atoms with Gasteiger partial charge in [0, 0.05) is 12.8 Å². The maximum Gasteiger partial charge on any atom is 0.0422 e. The van der Waals surface area contributed by atoms with Crippen molar-refractivity contribution in [2.24, 2.45) is 10.9 Å². The molecule has 0 bridgehead atoms. The molecule has 0 fully saturated rings. The highest BCUT2D eigenvalue weighted by Crippen LogP contribution is 2.08. The lowest BCUT2D eigenvalue weighted by atomic mass is 10.0. The van der Waals surface area contributed by atoms with E-state index in [1.165, 1.54) is 17.6 Å². The molecule has 0 saturated heterocycles. The second kappa shape index (κ2) is 7.83. The first-order valence-corrected chi connectivity index (χ1v) is 6.36. The molecule has 0 aliphatic carbocycles. The van der Waals surface area contributed by atoms with Crippen LogP contribution < -0.4 is 0 Å². The molecule has 0 saturated carbocycles. The standard InChI is InChI=1S/C16H23N/c1-14(2)11-12-17-13-15(3)9-10-16-7-5-4-6-8-16/h4-8,13,15H,1,9-12H2,2-3H3/b17-13+. The fourth-order valence-corrected chi connectivity index (χ4v) is 1.62. The van der Waals surface area contributed by atoms with Gasteiger partial charge in [0.25, 0.3) is 0 Å². The summed E-state index contributed by atoms with van der Waals surface area (Å²) in [4.78, 5) is 4.44. The molecule has 92 valence electrons. The molecule has 1 aromatic rings. The first kappa shape index (κ1) is 13.7. The molecule has 0 radical (unpaired) electrons. The Balaban J connectivity index is 2.21. The second-order valence-corrected chi connectivity index (χ2v) is 4.76. The molecule has 0 aliphatic rings. The number of nitrogens with zero attached hydrogens (tertiary/aromatic N) is 1. The molecule has 0 heterocycles. The van der Waals surface area contributed by atoms with Crippen LogP contribution >= 0.6 is 0 Å². The van der Waals surface area contributed by atoms with Gasteiger partial charge in [0.2, 0.25) is 0 Å². The van der Waals surface area contributed by atoms with Crippen molar-refractivity contribution < 1.29 is 0 Å². The van der Waals surface area contributed by atoms with Gasteiger partial charge in [0.05, 0.1) is 0 Å². The molecular weight excluding hydrogens is 206 g/mol. The summed E-state index contributed by atoms with van der Waals surface area (Å²) in [6, 6.07) is 10.6. The zero-order valence-corrected chi connectivity index (χ0v) is 11.0. The first-order chi connectivity index (χ1) is 8.18. The van der Waals surface area contributed by atoms with Crippen molar-refractivity contribution in [1.29, 1.82) is 0 Å². The zero-order chi connectivity index (χ0) is 12.5. The van der Waals surface area contributed by atoms with Gasteiger partial charge < -0.3 is 0 Å². The highest BCUT2D eigenvalue weighted by molar-refractivity contribution is 5.60. The molecule has 0 aromatic heterocycles. The monoisotopic (exact) mass is 229 g/mol. The van der Waals surface area contributed by atoms with Crippen molar-refractivity contribution in [3.05, 3.63) is 48.0 Å². The molecule has 1 unspecified atom stereocenters. The number of hydrogen-bond donors (Lipinski definition) is 0. The Morgan fingerprint density at radius 3 is 2.71 bits per heavy atom. The summed E-state index contributed by atoms with van der Waals surface area (Å²) in [7, 11) is 0. The van der Waals surface area contributed by atoms with Crippen LogP contribution in [0.4, 0.5) is 0 Å². The van der Waals surface area contributed by atoms with E-state index in [2.05, 4.69) is 55.0 Å². The molecule has 1 rings (SSSR count). The number of hydrogen-bond acceptors (Lipinski definition) is 1. The van der Waals surface area contributed by atoms with Gasteiger partial charge in [-0.1, -0.05) is 42.8 Å². The Bertz CT molecular complexity index is 351. The quantitative estimate of drug-likeness (QED) is 0.488. The largest absolute Gasteiger partial charge is 0.297 e. The van der Waals surface area contributed by atoms with Crippen molar-refractivity contribution >= 4 is 6.21 Å². The molecule has 0 amide bonds. The summed E-state index contributed by atoms with van der Waals surface area (Å²) in [5, 5.41) is 0. The smallest absolute Gasteiger partial charge is 0.0422 e. The predicted octanol–water partition coefficient (Wildman–Crippen LogP) is 4.29. The molecule has 17 heavy (non-hydrogen) atoms. The fraction of sp³-hybridized carbons (Fsp3) is 0.438. The summed E-state index contributed by atoms with van der Waals surface area (Å²) < 4.78 is 0. The summed E-state index contributed by atoms with van der Waals surface area (Å²) in [6.07, 6.45) is 5.39. The van der Waals surface area contributed by atoms with Crippen LogP contribution in [0.15, 0.2) is 47.5 Å². The van der Waals surface area contributed by atoms with Crippen LogP contribution in [0.5, 0.6) is 0 Å². The van der Waals surface area contributed by atoms with Gasteiger partial charge in [-0.15, -0.1) is 6.58 Å². The lowest BCUT2D eigenvalue weighted by molar-refractivity contribution is 0.690. The van der Waals surface area contributed by atoms with E-state index in [0.29, 0.717) is 5.92 Å². The minimum atomic E-state index is 0.556. The van der Waals surface area contributed by atoms with Gasteiger partial charge in [-0.25, -0.2) is 0 Å². The van der Waals surface area contributed by atoms with E-state index < -0.39 is 0 Å². The average molecular weight is 229 g/mol. The van der Waals surface area contributed by atoms with Crippen LogP contribution in [0, 0.1) is 5.92 Å². The second-order valence-electron chi connectivity index (χ2n) is 4.76. The van der Waals surface area contributed by atoms with Gasteiger partial charge in [-0.3, -0.25) is 4.99 Å². The van der Waals surface area contributed by atoms with Crippen LogP contribution in [0.25, 0.3) is 0 Å². The van der Waals surface area contributed by atoms with E-state index >= 15 is 0 Å². The van der Waals surface area contributed by atoms with Crippen molar-refractivity contribution in [2.75, 3.05) is 6.54 Å². The lowest BCUT2D eigenvalue weighted by Crippen LogP contribution is -1.99. The Hall–Kier alpha value is -1.37. The Morgan fingerprint density at radius 2 is 2.06 bits per heavy atom. The van der Waals surface area contributed by atoms with Crippen molar-refractivity contribution in [3.8, 4) is 0 Å². The third-order valence-electron chi connectivity index (χ3n) is 2.76. The van der Waals surface area contributed by atoms with E-state index in [-0.39, 0.29) is 0 Å². The van der Waals surface area contributed by atoms with Gasteiger partial charge in [-0.2, -0.15) is 0 Å². The topological polar surface area (TPSA) is 12.4 Å². The summed E-state index contributed by atoms with van der Waals surface area (Å²) >= 11 is 0. The van der Waals surface area contributed by atoms with E-state index in [9.17, 15) is 0 Å². The van der Waals surface area contributed by atoms with Gasteiger partial charge in [0.15, 0.2) is 0 Å². The highest BCUT2D eigenvalue weighted by Gasteiger charge is 1.98. The Kier molecular flexibility index (Phi) is 6.31. The summed E-state index contributed by atoms with van der Waals surface area (Å²) in [5.41, 5.74) is 2.62. The van der Waals surface area contributed by atoms with Crippen LogP contribution in [-0.2, 0) is 6.42 Å². The molecule has 0 aliphatic heterocycles. The third kappa shape index (κ3) is 6.72. The molecule has 1 aromatic carbocycles. The van der Waals surface area contributed by atoms with Crippen LogP contribution in [0.2, 0.25) is 0 Å². The number of aryl methyl sites for hydroxylation is 1. The zero-order valence-electron chi connectivity index (χ0n) is 11.0. The SMILES string of the molecule is C=C(C)CC/N=C/C(C)CCc1ccccc1. The van der Waals surface area contributed by atoms with Crippen molar-refractivity contribution in [3.63, 3.8) is 0 Å². The fourth-order valence-electron chi connectivity index (χ4n) is 1.62. The Morgan fingerprint density at radius 1 is 1.35 bits per heavy atom. The van der Waals surface area contributed by atoms with Crippen LogP contribution in [0.1, 0.15) is 32.3 Å². The van der Waals surface area contributed by atoms with Gasteiger partial charge in [-0.05, 0) is 37.7 Å². The maximum atomic E-state index is 4.44. The van der Waals surface area contributed by atoms with Crippen LogP contribution in [0.3, 0.4) is 0 Å². The maximum absolute atomic E-state index is 4.44. The lowest BCUT2D eigenvalue weighted by Gasteiger charge is -2.05. The van der Waals surface area contributed by atoms with E-state index in [4.69, 9.17) is 0 Å². The Labute approximate surface area is 105 Å². The van der Waals surface area contributed by atoms with Crippen molar-refractivity contribution in [2.45, 2.75) is 33.1 Å². The highest BCUT2D eigenvalue weighted by atomic mass is 14.7. The molecule has 0 N–H and O–H groups in total. The summed E-state index contributed by atoms with van der Waals surface area (Å²) in [6.45, 7) is 9.03. The first-order valence-electron chi connectivity index (χ1n) is 6.36. The minimum absolute atomic E-state index is 0.556. The number of rotatable bonds is 7. The van der Waals surface area contributed by atoms with E-state index in [1.807, 2.05) is 6.92 Å². The molecular formula is C16H23N. The molecule has 1 atom stereocenters. The number of aliphatic imine (C=N–C) groups is 1.